The summed E-state index contributed by atoms with van der Waals surface area (Å²) in [5, 5.41) is 4.25. The molecule has 0 radical (unpaired) electrons. The van der Waals surface area contributed by atoms with Crippen molar-refractivity contribution in [3.8, 4) is 0 Å². The van der Waals surface area contributed by atoms with Crippen molar-refractivity contribution in [1.82, 2.24) is 19.5 Å². The van der Waals surface area contributed by atoms with Gasteiger partial charge in [0.05, 0.1) is 23.6 Å². The van der Waals surface area contributed by atoms with Gasteiger partial charge in [0.15, 0.2) is 4.34 Å². The van der Waals surface area contributed by atoms with Crippen LogP contribution in [0, 0.1) is 0 Å². The molecule has 0 saturated carbocycles. The van der Waals surface area contributed by atoms with Gasteiger partial charge in [-0.05, 0) is 0 Å². The van der Waals surface area contributed by atoms with Gasteiger partial charge < -0.3 is 10.5 Å². The van der Waals surface area contributed by atoms with Crippen LogP contribution in [0.5, 0.6) is 0 Å². The Hall–Kier alpha value is -1.49. The highest BCUT2D eigenvalue weighted by atomic mass is 32.2. The lowest BCUT2D eigenvalue weighted by Gasteiger charge is -2.26. The van der Waals surface area contributed by atoms with E-state index < -0.39 is 5.91 Å². The predicted octanol–water partition coefficient (Wildman–Crippen LogP) is -0.267. The molecule has 10 heteroatoms. The van der Waals surface area contributed by atoms with Gasteiger partial charge in [-0.25, -0.2) is 4.98 Å². The highest BCUT2D eigenvalue weighted by molar-refractivity contribution is 8.01. The molecule has 0 bridgehead atoms. The standard InChI is InChI=1S/C13H17N5O3S2/c1-21-5-4-17-3-2-9-8(6-17)11(20)18-12(15-9)23-13(16-18)22-7-10(14)19/h2-7H2,1H3,(H2,14,19). The van der Waals surface area contributed by atoms with Crippen LogP contribution in [0.3, 0.4) is 0 Å². The monoisotopic (exact) mass is 355 g/mol. The Kier molecular flexibility index (Phi) is 4.95. The molecule has 0 unspecified atom stereocenters. The highest BCUT2D eigenvalue weighted by Crippen LogP contribution is 2.24. The van der Waals surface area contributed by atoms with Crippen molar-refractivity contribution in [3.05, 3.63) is 21.6 Å². The Morgan fingerprint density at radius 2 is 2.35 bits per heavy atom. The zero-order valence-corrected chi connectivity index (χ0v) is 14.3. The fraction of sp³-hybridized carbons (Fsp3) is 0.538. The summed E-state index contributed by atoms with van der Waals surface area (Å²) >= 11 is 2.53. The molecule has 0 atom stereocenters. The van der Waals surface area contributed by atoms with Crippen LogP contribution in [0.25, 0.3) is 4.96 Å². The molecule has 0 saturated heterocycles. The van der Waals surface area contributed by atoms with Gasteiger partial charge in [-0.3, -0.25) is 14.5 Å². The van der Waals surface area contributed by atoms with Crippen molar-refractivity contribution in [2.24, 2.45) is 5.73 Å². The van der Waals surface area contributed by atoms with Crippen LogP contribution < -0.4 is 11.3 Å². The summed E-state index contributed by atoms with van der Waals surface area (Å²) in [6, 6.07) is 0. The molecule has 3 rings (SSSR count). The number of ether oxygens (including phenoxy) is 1. The number of carbonyl (C=O) groups is 1. The zero-order chi connectivity index (χ0) is 16.4. The first-order valence-electron chi connectivity index (χ1n) is 7.12. The SMILES string of the molecule is COCCN1CCc2nc3sc(SCC(N)=O)nn3c(=O)c2C1. The van der Waals surface area contributed by atoms with Crippen LogP contribution in [0.4, 0.5) is 0 Å². The van der Waals surface area contributed by atoms with E-state index in [2.05, 4.69) is 15.0 Å². The molecule has 0 aromatic carbocycles. The summed E-state index contributed by atoms with van der Waals surface area (Å²) < 4.78 is 7.03. The number of hydrogen-bond donors (Lipinski definition) is 1. The minimum Gasteiger partial charge on any atom is -0.383 e. The number of aromatic nitrogens is 3. The second-order valence-corrected chi connectivity index (χ2v) is 7.36. The molecule has 23 heavy (non-hydrogen) atoms. The number of hydrogen-bond acceptors (Lipinski definition) is 8. The smallest absolute Gasteiger partial charge is 0.279 e. The number of methoxy groups -OCH3 is 1. The lowest BCUT2D eigenvalue weighted by atomic mass is 10.1. The average Bonchev–Trinajstić information content (AvgIpc) is 2.95. The number of primary amides is 1. The lowest BCUT2D eigenvalue weighted by molar-refractivity contribution is -0.115. The maximum atomic E-state index is 12.7. The number of carbonyl (C=O) groups excluding carboxylic acids is 1. The van der Waals surface area contributed by atoms with Gasteiger partial charge in [-0.2, -0.15) is 4.52 Å². The molecule has 3 heterocycles. The van der Waals surface area contributed by atoms with Crippen molar-refractivity contribution in [1.29, 1.82) is 0 Å². The number of nitrogens with two attached hydrogens (primary N) is 1. The van der Waals surface area contributed by atoms with E-state index >= 15 is 0 Å². The van der Waals surface area contributed by atoms with Gasteiger partial charge >= 0.3 is 0 Å². The largest absolute Gasteiger partial charge is 0.383 e. The number of amides is 1. The van der Waals surface area contributed by atoms with E-state index in [4.69, 9.17) is 10.5 Å². The first kappa shape index (κ1) is 16.4. The quantitative estimate of drug-likeness (QED) is 0.712. The summed E-state index contributed by atoms with van der Waals surface area (Å²) in [6.07, 6.45) is 0.743. The van der Waals surface area contributed by atoms with Gasteiger partial charge in [0, 0.05) is 33.2 Å². The first-order valence-corrected chi connectivity index (χ1v) is 8.92. The zero-order valence-electron chi connectivity index (χ0n) is 12.7. The summed E-state index contributed by atoms with van der Waals surface area (Å²) in [7, 11) is 1.67. The molecule has 8 nitrogen and oxygen atoms in total. The van der Waals surface area contributed by atoms with Crippen LogP contribution in [0.15, 0.2) is 9.13 Å². The molecule has 0 spiro atoms. The second kappa shape index (κ2) is 6.95. The Labute approximate surface area is 140 Å². The van der Waals surface area contributed by atoms with Crippen molar-refractivity contribution in [2.75, 3.05) is 32.6 Å². The molecular weight excluding hydrogens is 338 g/mol. The molecule has 2 aromatic rings. The average molecular weight is 355 g/mol. The summed E-state index contributed by atoms with van der Waals surface area (Å²) in [5.41, 5.74) is 6.55. The van der Waals surface area contributed by atoms with E-state index in [-0.39, 0.29) is 11.3 Å². The van der Waals surface area contributed by atoms with Crippen LogP contribution in [0.1, 0.15) is 11.3 Å². The third kappa shape index (κ3) is 3.55. The van der Waals surface area contributed by atoms with Crippen molar-refractivity contribution in [2.45, 2.75) is 17.3 Å². The van der Waals surface area contributed by atoms with Crippen molar-refractivity contribution < 1.29 is 9.53 Å². The number of nitrogens with zero attached hydrogens (tertiary/aromatic N) is 4. The Morgan fingerprint density at radius 3 is 3.09 bits per heavy atom. The summed E-state index contributed by atoms with van der Waals surface area (Å²) in [5.74, 6) is -0.276. The topological polar surface area (TPSA) is 103 Å². The van der Waals surface area contributed by atoms with E-state index in [0.29, 0.717) is 28.0 Å². The molecule has 0 aliphatic carbocycles. The van der Waals surface area contributed by atoms with Crippen molar-refractivity contribution in [3.63, 3.8) is 0 Å². The molecule has 1 aliphatic rings. The van der Waals surface area contributed by atoms with Crippen LogP contribution >= 0.6 is 23.1 Å². The van der Waals surface area contributed by atoms with E-state index in [1.165, 1.54) is 27.6 Å². The van der Waals surface area contributed by atoms with Gasteiger partial charge in [0.1, 0.15) is 0 Å². The first-order chi connectivity index (χ1) is 11.1. The van der Waals surface area contributed by atoms with Crippen LogP contribution in [-0.2, 0) is 22.5 Å². The Morgan fingerprint density at radius 1 is 1.52 bits per heavy atom. The number of thioether (sulfide) groups is 1. The normalized spacial score (nSPS) is 15.0. The third-order valence-corrected chi connectivity index (χ3v) is 5.63. The van der Waals surface area contributed by atoms with Crippen LogP contribution in [0.2, 0.25) is 0 Å². The summed E-state index contributed by atoms with van der Waals surface area (Å²) in [6.45, 7) is 2.85. The fourth-order valence-corrected chi connectivity index (χ4v) is 4.12. The van der Waals surface area contributed by atoms with Crippen LogP contribution in [-0.4, -0.2) is 58.0 Å². The van der Waals surface area contributed by atoms with Gasteiger partial charge in [-0.1, -0.05) is 23.1 Å². The van der Waals surface area contributed by atoms with Gasteiger partial charge in [-0.15, -0.1) is 5.10 Å². The minimum absolute atomic E-state index is 0.130. The summed E-state index contributed by atoms with van der Waals surface area (Å²) in [4.78, 5) is 30.8. The highest BCUT2D eigenvalue weighted by Gasteiger charge is 2.23. The lowest BCUT2D eigenvalue weighted by Crippen LogP contribution is -2.38. The van der Waals surface area contributed by atoms with E-state index in [0.717, 1.165) is 25.2 Å². The predicted molar refractivity (Wildman–Crippen MR) is 87.9 cm³/mol. The molecule has 0 fully saturated rings. The fourth-order valence-electron chi connectivity index (χ4n) is 2.44. The molecule has 1 aliphatic heterocycles. The molecule has 2 aromatic heterocycles. The third-order valence-electron chi connectivity index (χ3n) is 3.57. The molecular formula is C13H17N5O3S2. The molecule has 2 N–H and O–H groups in total. The van der Waals surface area contributed by atoms with E-state index in [1.807, 2.05) is 0 Å². The van der Waals surface area contributed by atoms with Gasteiger partial charge in [0.25, 0.3) is 5.56 Å². The van der Waals surface area contributed by atoms with E-state index in [9.17, 15) is 9.59 Å². The number of fused-ring (bicyclic) bond motifs is 2. The van der Waals surface area contributed by atoms with E-state index in [1.54, 1.807) is 7.11 Å². The minimum atomic E-state index is -0.414. The Balaban J connectivity index is 1.89. The van der Waals surface area contributed by atoms with Gasteiger partial charge in [0.2, 0.25) is 10.9 Å². The Bertz CT molecular complexity index is 788. The van der Waals surface area contributed by atoms with Crippen molar-refractivity contribution >= 4 is 34.0 Å². The second-order valence-electron chi connectivity index (χ2n) is 5.18. The molecule has 1 amide bonds. The maximum Gasteiger partial charge on any atom is 0.279 e. The maximum absolute atomic E-state index is 12.7. The molecule has 124 valence electrons. The number of rotatable bonds is 6.